The van der Waals surface area contributed by atoms with E-state index < -0.39 is 0 Å². The molecule has 5 N–H and O–H groups in total. The van der Waals surface area contributed by atoms with Crippen LogP contribution in [0.25, 0.3) is 0 Å². The monoisotopic (exact) mass is 248 g/mol. The van der Waals surface area contributed by atoms with Crippen LogP contribution in [0.1, 0.15) is 12.8 Å². The molecule has 0 aliphatic carbocycles. The number of hydrogen-bond donors (Lipinski definition) is 3. The second-order valence-corrected chi connectivity index (χ2v) is 4.25. The molecule has 2 rings (SSSR count). The first kappa shape index (κ1) is 12.2. The van der Waals surface area contributed by atoms with Gasteiger partial charge in [-0.05, 0) is 25.0 Å². The van der Waals surface area contributed by atoms with E-state index >= 15 is 0 Å². The molecule has 1 heterocycles. The van der Waals surface area contributed by atoms with Crippen molar-refractivity contribution in [2.75, 3.05) is 11.4 Å². The summed E-state index contributed by atoms with van der Waals surface area (Å²) in [4.78, 5) is 17.4. The number of carbonyl (C=O) groups is 1. The molecule has 0 bridgehead atoms. The lowest BCUT2D eigenvalue weighted by Gasteiger charge is -2.24. The van der Waals surface area contributed by atoms with Crippen molar-refractivity contribution in [1.82, 2.24) is 0 Å². The van der Waals surface area contributed by atoms with Crippen LogP contribution in [0.3, 0.4) is 0 Å². The number of benzene rings is 1. The van der Waals surface area contributed by atoms with Crippen LogP contribution >= 0.6 is 0 Å². The van der Waals surface area contributed by atoms with Crippen LogP contribution in [0.2, 0.25) is 0 Å². The van der Waals surface area contributed by atoms with Crippen molar-refractivity contribution in [3.63, 3.8) is 0 Å². The maximum atomic E-state index is 11.9. The van der Waals surface area contributed by atoms with E-state index in [2.05, 4.69) is 4.99 Å². The zero-order valence-electron chi connectivity index (χ0n) is 9.91. The van der Waals surface area contributed by atoms with Crippen molar-refractivity contribution in [3.8, 4) is 5.75 Å². The minimum Gasteiger partial charge on any atom is -0.508 e. The standard InChI is InChI=1S/C12H16N4O2/c13-12(14)15-11(18)10-5-2-6-16(10)8-3-1-4-9(17)7-8/h1,3-4,7,10,17H,2,5-6H2,(H4,13,14,15,18). The summed E-state index contributed by atoms with van der Waals surface area (Å²) in [5, 5.41) is 9.46. The molecule has 1 aliphatic rings. The van der Waals surface area contributed by atoms with Crippen LogP contribution in [0.15, 0.2) is 29.3 Å². The Balaban J connectivity index is 2.22. The van der Waals surface area contributed by atoms with E-state index in [0.717, 1.165) is 18.7 Å². The van der Waals surface area contributed by atoms with Crippen LogP contribution in [0.4, 0.5) is 5.69 Å². The van der Waals surface area contributed by atoms with Gasteiger partial charge in [-0.25, -0.2) is 0 Å². The number of amides is 1. The first-order valence-electron chi connectivity index (χ1n) is 5.77. The maximum Gasteiger partial charge on any atom is 0.271 e. The molecular formula is C12H16N4O2. The van der Waals surface area contributed by atoms with Crippen LogP contribution in [-0.2, 0) is 4.79 Å². The Bertz CT molecular complexity index is 483. The molecular weight excluding hydrogens is 232 g/mol. The second kappa shape index (κ2) is 4.95. The number of carbonyl (C=O) groups excluding carboxylic acids is 1. The van der Waals surface area contributed by atoms with Gasteiger partial charge < -0.3 is 21.5 Å². The van der Waals surface area contributed by atoms with Gasteiger partial charge in [0.2, 0.25) is 0 Å². The number of nitrogens with two attached hydrogens (primary N) is 2. The summed E-state index contributed by atoms with van der Waals surface area (Å²) >= 11 is 0. The van der Waals surface area contributed by atoms with Crippen molar-refractivity contribution in [3.05, 3.63) is 24.3 Å². The van der Waals surface area contributed by atoms with Crippen molar-refractivity contribution >= 4 is 17.6 Å². The molecule has 18 heavy (non-hydrogen) atoms. The fourth-order valence-electron chi connectivity index (χ4n) is 2.21. The number of nitrogens with zero attached hydrogens (tertiary/aromatic N) is 2. The predicted molar refractivity (Wildman–Crippen MR) is 69.3 cm³/mol. The number of guanidine groups is 1. The average Bonchev–Trinajstić information content (AvgIpc) is 2.76. The highest BCUT2D eigenvalue weighted by Gasteiger charge is 2.30. The van der Waals surface area contributed by atoms with Crippen LogP contribution in [-0.4, -0.2) is 29.6 Å². The second-order valence-electron chi connectivity index (χ2n) is 4.25. The first-order valence-corrected chi connectivity index (χ1v) is 5.77. The number of aromatic hydroxyl groups is 1. The Morgan fingerprint density at radius 3 is 2.89 bits per heavy atom. The van der Waals surface area contributed by atoms with Gasteiger partial charge in [-0.3, -0.25) is 4.79 Å². The summed E-state index contributed by atoms with van der Waals surface area (Å²) in [6.45, 7) is 0.750. The van der Waals surface area contributed by atoms with E-state index in [1.165, 1.54) is 0 Å². The smallest absolute Gasteiger partial charge is 0.271 e. The quantitative estimate of drug-likeness (QED) is 0.511. The van der Waals surface area contributed by atoms with Gasteiger partial charge in [0.15, 0.2) is 5.96 Å². The Morgan fingerprint density at radius 1 is 1.44 bits per heavy atom. The van der Waals surface area contributed by atoms with Gasteiger partial charge in [0.25, 0.3) is 5.91 Å². The summed E-state index contributed by atoms with van der Waals surface area (Å²) in [5.41, 5.74) is 11.2. The fourth-order valence-corrected chi connectivity index (χ4v) is 2.21. The van der Waals surface area contributed by atoms with Gasteiger partial charge in [0.1, 0.15) is 11.8 Å². The molecule has 1 unspecified atom stereocenters. The minimum atomic E-state index is -0.353. The third-order valence-electron chi connectivity index (χ3n) is 2.94. The third kappa shape index (κ3) is 2.53. The van der Waals surface area contributed by atoms with Gasteiger partial charge in [-0.1, -0.05) is 6.07 Å². The molecule has 6 heteroatoms. The van der Waals surface area contributed by atoms with Crippen LogP contribution < -0.4 is 16.4 Å². The van der Waals surface area contributed by atoms with E-state index in [9.17, 15) is 9.90 Å². The highest BCUT2D eigenvalue weighted by atomic mass is 16.3. The molecule has 96 valence electrons. The van der Waals surface area contributed by atoms with Crippen molar-refractivity contribution < 1.29 is 9.90 Å². The average molecular weight is 248 g/mol. The lowest BCUT2D eigenvalue weighted by Crippen LogP contribution is -2.37. The van der Waals surface area contributed by atoms with Crippen LogP contribution in [0.5, 0.6) is 5.75 Å². The largest absolute Gasteiger partial charge is 0.508 e. The van der Waals surface area contributed by atoms with Crippen molar-refractivity contribution in [2.45, 2.75) is 18.9 Å². The Labute approximate surface area is 105 Å². The number of phenols is 1. The summed E-state index contributed by atoms with van der Waals surface area (Å²) in [7, 11) is 0. The summed E-state index contributed by atoms with van der Waals surface area (Å²) < 4.78 is 0. The molecule has 1 fully saturated rings. The van der Waals surface area contributed by atoms with E-state index in [-0.39, 0.29) is 23.7 Å². The summed E-state index contributed by atoms with van der Waals surface area (Å²) in [6.07, 6.45) is 1.61. The molecule has 1 saturated heterocycles. The highest BCUT2D eigenvalue weighted by molar-refractivity contribution is 5.96. The van der Waals surface area contributed by atoms with Gasteiger partial charge in [0.05, 0.1) is 0 Å². The molecule has 0 saturated carbocycles. The molecule has 0 radical (unpaired) electrons. The van der Waals surface area contributed by atoms with Crippen LogP contribution in [0, 0.1) is 0 Å². The normalized spacial score (nSPS) is 18.7. The number of hydrogen-bond acceptors (Lipinski definition) is 3. The lowest BCUT2D eigenvalue weighted by atomic mass is 10.2. The van der Waals surface area contributed by atoms with E-state index in [0.29, 0.717) is 6.42 Å². The Kier molecular flexibility index (Phi) is 3.36. The van der Waals surface area contributed by atoms with Gasteiger partial charge in [-0.2, -0.15) is 4.99 Å². The number of phenolic OH excluding ortho intramolecular Hbond substituents is 1. The number of anilines is 1. The van der Waals surface area contributed by atoms with Gasteiger partial charge in [0, 0.05) is 18.3 Å². The molecule has 0 spiro atoms. The maximum absolute atomic E-state index is 11.9. The summed E-state index contributed by atoms with van der Waals surface area (Å²) in [5.74, 6) is -0.383. The van der Waals surface area contributed by atoms with Crippen molar-refractivity contribution in [1.29, 1.82) is 0 Å². The zero-order valence-corrected chi connectivity index (χ0v) is 9.91. The molecule has 1 aromatic carbocycles. The summed E-state index contributed by atoms with van der Waals surface area (Å²) in [6, 6.07) is 6.45. The predicted octanol–water partition coefficient (Wildman–Crippen LogP) is 0.161. The zero-order chi connectivity index (χ0) is 13.1. The Morgan fingerprint density at radius 2 is 2.22 bits per heavy atom. The molecule has 0 aromatic heterocycles. The van der Waals surface area contributed by atoms with Gasteiger partial charge in [-0.15, -0.1) is 0 Å². The highest BCUT2D eigenvalue weighted by Crippen LogP contribution is 2.28. The molecule has 6 nitrogen and oxygen atoms in total. The SMILES string of the molecule is NC(N)=NC(=O)C1CCCN1c1cccc(O)c1. The third-order valence-corrected chi connectivity index (χ3v) is 2.94. The molecule has 1 atom stereocenters. The molecule has 1 amide bonds. The van der Waals surface area contributed by atoms with Gasteiger partial charge >= 0.3 is 0 Å². The number of rotatable bonds is 2. The first-order chi connectivity index (χ1) is 8.58. The lowest BCUT2D eigenvalue weighted by molar-refractivity contribution is -0.118. The van der Waals surface area contributed by atoms with Crippen molar-refractivity contribution in [2.24, 2.45) is 16.5 Å². The fraction of sp³-hybridized carbons (Fsp3) is 0.333. The van der Waals surface area contributed by atoms with E-state index in [4.69, 9.17) is 11.5 Å². The minimum absolute atomic E-state index is 0.174. The molecule has 1 aliphatic heterocycles. The topological polar surface area (TPSA) is 105 Å². The molecule has 1 aromatic rings. The van der Waals surface area contributed by atoms with E-state index in [1.54, 1.807) is 18.2 Å². The Hall–Kier alpha value is -2.24. The van der Waals surface area contributed by atoms with E-state index in [1.807, 2.05) is 11.0 Å². The number of aliphatic imine (C=N–C) groups is 1.